The molecule has 0 fully saturated rings. The molecule has 1 aromatic rings. The predicted octanol–water partition coefficient (Wildman–Crippen LogP) is 2.24. The minimum absolute atomic E-state index is 0.111. The van der Waals surface area contributed by atoms with E-state index in [1.54, 1.807) is 6.07 Å². The van der Waals surface area contributed by atoms with Gasteiger partial charge in [-0.15, -0.1) is 0 Å². The Bertz CT molecular complexity index is 711. The summed E-state index contributed by atoms with van der Waals surface area (Å²) in [6.45, 7) is 0. The van der Waals surface area contributed by atoms with Gasteiger partial charge in [-0.1, -0.05) is 12.2 Å². The Balaban J connectivity index is 2.22. The standard InChI is InChI=1S/C16H22N2O4S/c1-18(2)23(20,21)13-8-9-15(22-3)14(11-13)17-16(19)10-12-6-4-5-7-12/h4,6,8-9,11-12H,5,7,10H2,1-3H3,(H,17,19). The summed E-state index contributed by atoms with van der Waals surface area (Å²) < 4.78 is 30.8. The van der Waals surface area contributed by atoms with Crippen LogP contribution in [0.25, 0.3) is 0 Å². The molecule has 0 aliphatic heterocycles. The van der Waals surface area contributed by atoms with Gasteiger partial charge in [0.15, 0.2) is 0 Å². The number of sulfonamides is 1. The number of anilines is 1. The van der Waals surface area contributed by atoms with Crippen LogP contribution in [0.15, 0.2) is 35.2 Å². The molecule has 0 saturated heterocycles. The second-order valence-electron chi connectivity index (χ2n) is 5.67. The normalized spacial score (nSPS) is 17.5. The van der Waals surface area contributed by atoms with Crippen LogP contribution in [-0.2, 0) is 14.8 Å². The quantitative estimate of drug-likeness (QED) is 0.807. The van der Waals surface area contributed by atoms with Crippen molar-refractivity contribution < 1.29 is 17.9 Å². The minimum atomic E-state index is -3.57. The summed E-state index contributed by atoms with van der Waals surface area (Å²) >= 11 is 0. The number of methoxy groups -OCH3 is 1. The maximum absolute atomic E-state index is 12.2. The molecule has 1 aliphatic carbocycles. The van der Waals surface area contributed by atoms with Crippen LogP contribution in [0.2, 0.25) is 0 Å². The lowest BCUT2D eigenvalue weighted by Crippen LogP contribution is -2.22. The van der Waals surface area contributed by atoms with Gasteiger partial charge >= 0.3 is 0 Å². The van der Waals surface area contributed by atoms with E-state index < -0.39 is 10.0 Å². The lowest BCUT2D eigenvalue weighted by Gasteiger charge is -2.15. The third-order valence-electron chi connectivity index (χ3n) is 3.78. The molecule has 7 heteroatoms. The summed E-state index contributed by atoms with van der Waals surface area (Å²) in [5.74, 6) is 0.520. The molecular formula is C16H22N2O4S. The van der Waals surface area contributed by atoms with Crippen LogP contribution < -0.4 is 10.1 Å². The summed E-state index contributed by atoms with van der Waals surface area (Å²) in [5.41, 5.74) is 0.363. The van der Waals surface area contributed by atoms with Crippen molar-refractivity contribution in [2.75, 3.05) is 26.5 Å². The zero-order chi connectivity index (χ0) is 17.0. The summed E-state index contributed by atoms with van der Waals surface area (Å²) in [5, 5.41) is 2.76. The van der Waals surface area contributed by atoms with Crippen LogP contribution in [0.4, 0.5) is 5.69 Å². The van der Waals surface area contributed by atoms with Gasteiger partial charge in [-0.05, 0) is 37.0 Å². The van der Waals surface area contributed by atoms with Crippen molar-refractivity contribution in [2.24, 2.45) is 5.92 Å². The average molecular weight is 338 g/mol. The summed E-state index contributed by atoms with van der Waals surface area (Å²) in [6, 6.07) is 4.43. The van der Waals surface area contributed by atoms with Gasteiger partial charge in [-0.2, -0.15) is 0 Å². The van der Waals surface area contributed by atoms with Crippen LogP contribution >= 0.6 is 0 Å². The van der Waals surface area contributed by atoms with Gasteiger partial charge in [0.25, 0.3) is 0 Å². The van der Waals surface area contributed by atoms with Gasteiger partial charge in [-0.3, -0.25) is 4.79 Å². The number of nitrogens with one attached hydrogen (secondary N) is 1. The maximum atomic E-state index is 12.2. The Morgan fingerprint density at radius 3 is 2.70 bits per heavy atom. The molecule has 1 unspecified atom stereocenters. The molecular weight excluding hydrogens is 316 g/mol. The van der Waals surface area contributed by atoms with Gasteiger partial charge < -0.3 is 10.1 Å². The third kappa shape index (κ3) is 4.11. The molecule has 0 bridgehead atoms. The Hall–Kier alpha value is -1.86. The monoisotopic (exact) mass is 338 g/mol. The molecule has 0 radical (unpaired) electrons. The number of hydrogen-bond acceptors (Lipinski definition) is 4. The van der Waals surface area contributed by atoms with Crippen molar-refractivity contribution in [1.29, 1.82) is 0 Å². The molecule has 6 nitrogen and oxygen atoms in total. The van der Waals surface area contributed by atoms with Crippen molar-refractivity contribution in [1.82, 2.24) is 4.31 Å². The van der Waals surface area contributed by atoms with Crippen LogP contribution in [0.5, 0.6) is 5.75 Å². The smallest absolute Gasteiger partial charge is 0.242 e. The van der Waals surface area contributed by atoms with Crippen molar-refractivity contribution >= 4 is 21.6 Å². The zero-order valence-electron chi connectivity index (χ0n) is 13.6. The Kier molecular flexibility index (Phi) is 5.43. The number of allylic oxidation sites excluding steroid dienone is 2. The predicted molar refractivity (Wildman–Crippen MR) is 89.0 cm³/mol. The first kappa shape index (κ1) is 17.5. The van der Waals surface area contributed by atoms with E-state index in [1.807, 2.05) is 6.08 Å². The van der Waals surface area contributed by atoms with Crippen molar-refractivity contribution in [2.45, 2.75) is 24.2 Å². The highest BCUT2D eigenvalue weighted by atomic mass is 32.2. The first-order valence-corrected chi connectivity index (χ1v) is 8.85. The molecule has 23 heavy (non-hydrogen) atoms. The number of rotatable bonds is 6. The van der Waals surface area contributed by atoms with Gasteiger partial charge in [0, 0.05) is 20.5 Å². The molecule has 1 aliphatic rings. The number of carbonyl (C=O) groups is 1. The molecule has 1 N–H and O–H groups in total. The fourth-order valence-electron chi connectivity index (χ4n) is 2.46. The fourth-order valence-corrected chi connectivity index (χ4v) is 3.39. The van der Waals surface area contributed by atoms with E-state index in [0.29, 0.717) is 17.9 Å². The van der Waals surface area contributed by atoms with E-state index in [2.05, 4.69) is 11.4 Å². The number of nitrogens with zero attached hydrogens (tertiary/aromatic N) is 1. The highest BCUT2D eigenvalue weighted by molar-refractivity contribution is 7.89. The molecule has 1 aromatic carbocycles. The second-order valence-corrected chi connectivity index (χ2v) is 7.82. The molecule has 0 heterocycles. The molecule has 0 spiro atoms. The van der Waals surface area contributed by atoms with Crippen molar-refractivity contribution in [3.8, 4) is 5.75 Å². The maximum Gasteiger partial charge on any atom is 0.242 e. The Morgan fingerprint density at radius 2 is 2.13 bits per heavy atom. The van der Waals surface area contributed by atoms with Crippen LogP contribution in [0, 0.1) is 5.92 Å². The summed E-state index contributed by atoms with van der Waals surface area (Å²) in [7, 11) is 0.835. The number of carbonyl (C=O) groups excluding carboxylic acids is 1. The van der Waals surface area contributed by atoms with E-state index >= 15 is 0 Å². The lowest BCUT2D eigenvalue weighted by molar-refractivity contribution is -0.116. The molecule has 0 saturated carbocycles. The molecule has 0 aromatic heterocycles. The second kappa shape index (κ2) is 7.14. The van der Waals surface area contributed by atoms with Gasteiger partial charge in [0.2, 0.25) is 15.9 Å². The van der Waals surface area contributed by atoms with Crippen molar-refractivity contribution in [3.63, 3.8) is 0 Å². The Labute approximate surface area is 137 Å². The van der Waals surface area contributed by atoms with E-state index in [-0.39, 0.29) is 16.7 Å². The van der Waals surface area contributed by atoms with Gasteiger partial charge in [0.1, 0.15) is 5.75 Å². The van der Waals surface area contributed by atoms with Gasteiger partial charge in [-0.25, -0.2) is 12.7 Å². The zero-order valence-corrected chi connectivity index (χ0v) is 14.4. The average Bonchev–Trinajstić information content (AvgIpc) is 2.99. The minimum Gasteiger partial charge on any atom is -0.495 e. The largest absolute Gasteiger partial charge is 0.495 e. The topological polar surface area (TPSA) is 75.7 Å². The molecule has 1 atom stereocenters. The molecule has 126 valence electrons. The third-order valence-corrected chi connectivity index (χ3v) is 5.59. The number of benzene rings is 1. The molecule has 1 amide bonds. The van der Waals surface area contributed by atoms with E-state index in [0.717, 1.165) is 17.1 Å². The van der Waals surface area contributed by atoms with Crippen LogP contribution in [0.3, 0.4) is 0 Å². The number of amides is 1. The first-order chi connectivity index (χ1) is 10.8. The first-order valence-electron chi connectivity index (χ1n) is 7.41. The lowest BCUT2D eigenvalue weighted by atomic mass is 10.1. The van der Waals surface area contributed by atoms with Gasteiger partial charge in [0.05, 0.1) is 17.7 Å². The summed E-state index contributed by atoms with van der Waals surface area (Å²) in [4.78, 5) is 12.3. The Morgan fingerprint density at radius 1 is 1.39 bits per heavy atom. The fraction of sp³-hybridized carbons (Fsp3) is 0.438. The highest BCUT2D eigenvalue weighted by Crippen LogP contribution is 2.29. The van der Waals surface area contributed by atoms with E-state index in [4.69, 9.17) is 4.74 Å². The van der Waals surface area contributed by atoms with Crippen molar-refractivity contribution in [3.05, 3.63) is 30.4 Å². The highest BCUT2D eigenvalue weighted by Gasteiger charge is 2.20. The number of ether oxygens (including phenoxy) is 1. The number of hydrogen-bond donors (Lipinski definition) is 1. The van der Waals surface area contributed by atoms with Crippen LogP contribution in [-0.4, -0.2) is 39.8 Å². The summed E-state index contributed by atoms with van der Waals surface area (Å²) in [6.07, 6.45) is 6.47. The van der Waals surface area contributed by atoms with E-state index in [1.165, 1.54) is 33.3 Å². The molecule has 2 rings (SSSR count). The SMILES string of the molecule is COc1ccc(S(=O)(=O)N(C)C)cc1NC(=O)CC1C=CCC1. The van der Waals surface area contributed by atoms with E-state index in [9.17, 15) is 13.2 Å². The van der Waals surface area contributed by atoms with Crippen LogP contribution in [0.1, 0.15) is 19.3 Å².